The molecule has 0 spiro atoms. The van der Waals surface area contributed by atoms with E-state index >= 15 is 0 Å². The van der Waals surface area contributed by atoms with E-state index in [9.17, 15) is 21.6 Å². The second-order valence-corrected chi connectivity index (χ2v) is 6.65. The van der Waals surface area contributed by atoms with Crippen LogP contribution in [0.4, 0.5) is 13.2 Å². The molecule has 0 aliphatic heterocycles. The van der Waals surface area contributed by atoms with E-state index in [1.807, 2.05) is 0 Å². The van der Waals surface area contributed by atoms with Gasteiger partial charge in [0.25, 0.3) is 0 Å². The molecule has 7 heteroatoms. The van der Waals surface area contributed by atoms with Gasteiger partial charge in [-0.1, -0.05) is 17.7 Å². The maximum atomic E-state index is 12.6. The van der Waals surface area contributed by atoms with Crippen molar-refractivity contribution in [1.29, 1.82) is 0 Å². The molecule has 116 valence electrons. The van der Waals surface area contributed by atoms with E-state index in [1.54, 1.807) is 6.92 Å². The van der Waals surface area contributed by atoms with E-state index < -0.39 is 21.6 Å². The molecule has 1 aromatic carbocycles. The molecule has 0 amide bonds. The third-order valence-electron chi connectivity index (χ3n) is 2.82. The van der Waals surface area contributed by atoms with Gasteiger partial charge in [-0.3, -0.25) is 0 Å². The maximum Gasteiger partial charge on any atom is 0.416 e. The summed E-state index contributed by atoms with van der Waals surface area (Å²) in [5.41, 5.74) is 5.14. The number of nitrogens with two attached hydrogens (primary N) is 1. The number of halogens is 3. The molecular weight excluding hydrogens is 303 g/mol. The number of sulfone groups is 1. The zero-order chi connectivity index (χ0) is 16.3. The smallest absolute Gasteiger partial charge is 0.327 e. The van der Waals surface area contributed by atoms with Crippen LogP contribution in [-0.2, 0) is 16.0 Å². The minimum Gasteiger partial charge on any atom is -0.327 e. The van der Waals surface area contributed by atoms with E-state index in [0.717, 1.165) is 23.8 Å². The van der Waals surface area contributed by atoms with Gasteiger partial charge in [0, 0.05) is 11.4 Å². The second kappa shape index (κ2) is 6.44. The Morgan fingerprint density at radius 3 is 2.38 bits per heavy atom. The van der Waals surface area contributed by atoms with Gasteiger partial charge in [0.2, 0.25) is 9.84 Å². The molecule has 0 aromatic heterocycles. The first-order valence-corrected chi connectivity index (χ1v) is 7.54. The van der Waals surface area contributed by atoms with Gasteiger partial charge >= 0.3 is 6.18 Å². The predicted molar refractivity (Wildman–Crippen MR) is 75.2 cm³/mol. The molecule has 0 aliphatic rings. The van der Waals surface area contributed by atoms with E-state index in [2.05, 4.69) is 0 Å². The van der Waals surface area contributed by atoms with Crippen LogP contribution in [0.15, 0.2) is 51.8 Å². The number of rotatable bonds is 4. The monoisotopic (exact) mass is 319 g/mol. The minimum atomic E-state index is -4.58. The van der Waals surface area contributed by atoms with Gasteiger partial charge < -0.3 is 5.73 Å². The fourth-order valence-electron chi connectivity index (χ4n) is 1.44. The SMILES string of the molecule is CC(=CC=C(C)S(=O)(=O)c1cccc(C(F)(F)F)c1)CN. The van der Waals surface area contributed by atoms with Gasteiger partial charge in [-0.25, -0.2) is 8.42 Å². The second-order valence-electron chi connectivity index (χ2n) is 4.52. The first-order valence-electron chi connectivity index (χ1n) is 6.05. The summed E-state index contributed by atoms with van der Waals surface area (Å²) in [4.78, 5) is -0.431. The van der Waals surface area contributed by atoms with Crippen LogP contribution in [-0.4, -0.2) is 15.0 Å². The highest BCUT2D eigenvalue weighted by Crippen LogP contribution is 2.31. The lowest BCUT2D eigenvalue weighted by molar-refractivity contribution is -0.137. The molecule has 0 aliphatic carbocycles. The average molecular weight is 319 g/mol. The van der Waals surface area contributed by atoms with Crippen LogP contribution < -0.4 is 5.73 Å². The topological polar surface area (TPSA) is 60.2 Å². The summed E-state index contributed by atoms with van der Waals surface area (Å²) in [5.74, 6) is 0. The van der Waals surface area contributed by atoms with Crippen molar-refractivity contribution in [3.05, 3.63) is 52.5 Å². The highest BCUT2D eigenvalue weighted by atomic mass is 32.2. The van der Waals surface area contributed by atoms with Crippen molar-refractivity contribution in [2.75, 3.05) is 6.54 Å². The molecule has 0 atom stereocenters. The molecule has 0 radical (unpaired) electrons. The van der Waals surface area contributed by atoms with Crippen molar-refractivity contribution in [2.24, 2.45) is 5.73 Å². The quantitative estimate of drug-likeness (QED) is 0.866. The van der Waals surface area contributed by atoms with Crippen LogP contribution in [0, 0.1) is 0 Å². The molecule has 0 unspecified atom stereocenters. The Bertz CT molecular complexity index is 674. The molecular formula is C14H16F3NO2S. The number of hydrogen-bond donors (Lipinski definition) is 1. The summed E-state index contributed by atoms with van der Waals surface area (Å²) in [6.07, 6.45) is -1.72. The summed E-state index contributed by atoms with van der Waals surface area (Å²) in [6.45, 7) is 3.32. The Labute approximate surface area is 121 Å². The molecule has 0 saturated carbocycles. The largest absolute Gasteiger partial charge is 0.416 e. The van der Waals surface area contributed by atoms with Crippen molar-refractivity contribution in [1.82, 2.24) is 0 Å². The van der Waals surface area contributed by atoms with Crippen LogP contribution in [0.2, 0.25) is 0 Å². The first-order chi connectivity index (χ1) is 9.59. The molecule has 1 rings (SSSR count). The number of allylic oxidation sites excluding steroid dienone is 3. The molecule has 0 saturated heterocycles. The van der Waals surface area contributed by atoms with Crippen LogP contribution in [0.3, 0.4) is 0 Å². The fraction of sp³-hybridized carbons (Fsp3) is 0.286. The lowest BCUT2D eigenvalue weighted by Crippen LogP contribution is -2.08. The van der Waals surface area contributed by atoms with Crippen molar-refractivity contribution < 1.29 is 21.6 Å². The molecule has 3 nitrogen and oxygen atoms in total. The predicted octanol–water partition coefficient (Wildman–Crippen LogP) is 3.29. The van der Waals surface area contributed by atoms with Crippen LogP contribution in [0.1, 0.15) is 19.4 Å². The molecule has 0 heterocycles. The number of benzene rings is 1. The van der Waals surface area contributed by atoms with Crippen molar-refractivity contribution in [3.8, 4) is 0 Å². The average Bonchev–Trinajstić information content (AvgIpc) is 2.43. The highest BCUT2D eigenvalue weighted by molar-refractivity contribution is 7.95. The minimum absolute atomic E-state index is 0.0466. The van der Waals surface area contributed by atoms with Crippen molar-refractivity contribution in [3.63, 3.8) is 0 Å². The maximum absolute atomic E-state index is 12.6. The standard InChI is InChI=1S/C14H16F3NO2S/c1-10(9-18)6-7-11(2)21(19,20)13-5-3-4-12(8-13)14(15,16)17/h3-8H,9,18H2,1-2H3. The Kier molecular flexibility index (Phi) is 5.36. The zero-order valence-corrected chi connectivity index (χ0v) is 12.4. The van der Waals surface area contributed by atoms with Gasteiger partial charge in [0.05, 0.1) is 10.5 Å². The van der Waals surface area contributed by atoms with Crippen LogP contribution in [0.5, 0.6) is 0 Å². The Hall–Kier alpha value is -1.60. The summed E-state index contributed by atoms with van der Waals surface area (Å²) in [5, 5.41) is 0. The van der Waals surface area contributed by atoms with Gasteiger partial charge in [0.15, 0.2) is 0 Å². The molecule has 2 N–H and O–H groups in total. The van der Waals surface area contributed by atoms with E-state index in [-0.39, 0.29) is 16.3 Å². The van der Waals surface area contributed by atoms with Crippen LogP contribution in [0.25, 0.3) is 0 Å². The Balaban J connectivity index is 3.26. The zero-order valence-electron chi connectivity index (χ0n) is 11.6. The van der Waals surface area contributed by atoms with E-state index in [4.69, 9.17) is 5.73 Å². The number of alkyl halides is 3. The normalized spacial score (nSPS) is 14.4. The number of hydrogen-bond acceptors (Lipinski definition) is 3. The summed E-state index contributed by atoms with van der Waals surface area (Å²) < 4.78 is 62.3. The Morgan fingerprint density at radius 2 is 1.86 bits per heavy atom. The molecule has 1 aromatic rings. The van der Waals surface area contributed by atoms with Crippen molar-refractivity contribution >= 4 is 9.84 Å². The molecule has 0 bridgehead atoms. The Morgan fingerprint density at radius 1 is 1.24 bits per heavy atom. The van der Waals surface area contributed by atoms with Crippen molar-refractivity contribution in [2.45, 2.75) is 24.9 Å². The van der Waals surface area contributed by atoms with Gasteiger partial charge in [-0.05, 0) is 38.1 Å². The lowest BCUT2D eigenvalue weighted by Gasteiger charge is -2.09. The van der Waals surface area contributed by atoms with Gasteiger partial charge in [0.1, 0.15) is 0 Å². The first kappa shape index (κ1) is 17.5. The lowest BCUT2D eigenvalue weighted by atomic mass is 10.2. The summed E-state index contributed by atoms with van der Waals surface area (Å²) >= 11 is 0. The fourth-order valence-corrected chi connectivity index (χ4v) is 2.60. The third kappa shape index (κ3) is 4.44. The third-order valence-corrected chi connectivity index (χ3v) is 4.68. The summed E-state index contributed by atoms with van der Waals surface area (Å²) in [7, 11) is -3.95. The van der Waals surface area contributed by atoms with Gasteiger partial charge in [-0.15, -0.1) is 0 Å². The summed E-state index contributed by atoms with van der Waals surface area (Å²) in [6, 6.07) is 3.67. The van der Waals surface area contributed by atoms with Crippen LogP contribution >= 0.6 is 0 Å². The van der Waals surface area contributed by atoms with E-state index in [0.29, 0.717) is 6.07 Å². The highest BCUT2D eigenvalue weighted by Gasteiger charge is 2.31. The van der Waals surface area contributed by atoms with Gasteiger partial charge in [-0.2, -0.15) is 13.2 Å². The van der Waals surface area contributed by atoms with E-state index in [1.165, 1.54) is 19.1 Å². The molecule has 21 heavy (non-hydrogen) atoms. The molecule has 0 fully saturated rings.